The van der Waals surface area contributed by atoms with Crippen molar-refractivity contribution < 1.29 is 19.7 Å². The van der Waals surface area contributed by atoms with Gasteiger partial charge in [-0.15, -0.1) is 0 Å². The van der Waals surface area contributed by atoms with Gasteiger partial charge in [0.2, 0.25) is 0 Å². The highest BCUT2D eigenvalue weighted by Crippen LogP contribution is 2.28. The summed E-state index contributed by atoms with van der Waals surface area (Å²) < 4.78 is 4.88. The second-order valence-corrected chi connectivity index (χ2v) is 2.50. The number of rotatable bonds is 3. The highest BCUT2D eigenvalue weighted by atomic mass is 16.5. The zero-order chi connectivity index (χ0) is 9.84. The van der Waals surface area contributed by atoms with E-state index in [2.05, 4.69) is 0 Å². The van der Waals surface area contributed by atoms with E-state index in [9.17, 15) is 9.90 Å². The number of carbonyl (C=O) groups is 1. The number of aliphatic hydroxyl groups is 1. The fourth-order valence-corrected chi connectivity index (χ4v) is 1.06. The number of phenols is 1. The van der Waals surface area contributed by atoms with Crippen molar-refractivity contribution in [2.24, 2.45) is 0 Å². The van der Waals surface area contributed by atoms with Crippen molar-refractivity contribution in [3.8, 4) is 11.5 Å². The number of ether oxygens (including phenoxy) is 1. The van der Waals surface area contributed by atoms with Crippen LogP contribution in [0.2, 0.25) is 0 Å². The summed E-state index contributed by atoms with van der Waals surface area (Å²) in [4.78, 5) is 10.4. The maximum Gasteiger partial charge on any atom is 0.150 e. The van der Waals surface area contributed by atoms with Gasteiger partial charge in [-0.25, -0.2) is 0 Å². The lowest BCUT2D eigenvalue weighted by Crippen LogP contribution is -1.94. The van der Waals surface area contributed by atoms with Gasteiger partial charge in [0, 0.05) is 5.56 Å². The first-order valence-corrected chi connectivity index (χ1v) is 3.68. The monoisotopic (exact) mass is 182 g/mol. The van der Waals surface area contributed by atoms with Crippen LogP contribution in [0.4, 0.5) is 0 Å². The molecule has 0 aromatic heterocycles. The molecule has 0 aliphatic rings. The molecule has 2 N–H and O–H groups in total. The normalized spacial score (nSPS) is 9.69. The third-order valence-electron chi connectivity index (χ3n) is 1.72. The zero-order valence-corrected chi connectivity index (χ0v) is 7.15. The van der Waals surface area contributed by atoms with Crippen LogP contribution in [0.5, 0.6) is 11.5 Å². The molecule has 0 heterocycles. The maximum absolute atomic E-state index is 10.4. The summed E-state index contributed by atoms with van der Waals surface area (Å²) in [5.41, 5.74) is 0.597. The van der Waals surface area contributed by atoms with Crippen LogP contribution in [-0.2, 0) is 6.61 Å². The molecule has 4 nitrogen and oxygen atoms in total. The molecule has 0 aliphatic heterocycles. The number of hydrogen-bond donors (Lipinski definition) is 2. The van der Waals surface area contributed by atoms with Gasteiger partial charge in [0.1, 0.15) is 17.8 Å². The van der Waals surface area contributed by atoms with E-state index in [4.69, 9.17) is 9.84 Å². The molecule has 0 saturated heterocycles. The summed E-state index contributed by atoms with van der Waals surface area (Å²) >= 11 is 0. The van der Waals surface area contributed by atoms with E-state index in [-0.39, 0.29) is 17.9 Å². The molecular formula is C9H10O4. The Morgan fingerprint density at radius 3 is 2.69 bits per heavy atom. The summed E-state index contributed by atoms with van der Waals surface area (Å²) in [7, 11) is 1.41. The molecule has 4 heteroatoms. The van der Waals surface area contributed by atoms with Gasteiger partial charge in [-0.05, 0) is 12.1 Å². The van der Waals surface area contributed by atoms with Crippen molar-refractivity contribution in [3.63, 3.8) is 0 Å². The molecular weight excluding hydrogens is 172 g/mol. The minimum atomic E-state index is -0.325. The Morgan fingerprint density at radius 1 is 1.54 bits per heavy atom. The van der Waals surface area contributed by atoms with Crippen LogP contribution < -0.4 is 4.74 Å². The first-order chi connectivity index (χ1) is 6.22. The van der Waals surface area contributed by atoms with Crippen molar-refractivity contribution >= 4 is 6.29 Å². The van der Waals surface area contributed by atoms with Gasteiger partial charge in [-0.1, -0.05) is 0 Å². The third-order valence-corrected chi connectivity index (χ3v) is 1.72. The number of aliphatic hydroxyl groups excluding tert-OH is 1. The van der Waals surface area contributed by atoms with E-state index in [1.807, 2.05) is 0 Å². The lowest BCUT2D eigenvalue weighted by atomic mass is 10.1. The molecule has 70 valence electrons. The molecule has 13 heavy (non-hydrogen) atoms. The standard InChI is InChI=1S/C9H10O4/c1-13-9-3-6(4-10)2-8(12)7(9)5-11/h2-4,11-12H,5H2,1H3. The molecule has 0 saturated carbocycles. The van der Waals surface area contributed by atoms with Crippen LogP contribution in [0.3, 0.4) is 0 Å². The lowest BCUT2D eigenvalue weighted by Gasteiger charge is -2.08. The molecule has 1 aromatic carbocycles. The van der Waals surface area contributed by atoms with Crippen LogP contribution in [0.25, 0.3) is 0 Å². The van der Waals surface area contributed by atoms with Crippen LogP contribution in [0, 0.1) is 0 Å². The Morgan fingerprint density at radius 2 is 2.23 bits per heavy atom. The van der Waals surface area contributed by atoms with Gasteiger partial charge < -0.3 is 14.9 Å². The predicted molar refractivity (Wildman–Crippen MR) is 46.0 cm³/mol. The maximum atomic E-state index is 10.4. The van der Waals surface area contributed by atoms with E-state index in [0.717, 1.165) is 0 Å². The Labute approximate surface area is 75.4 Å². The van der Waals surface area contributed by atoms with Crippen molar-refractivity contribution in [2.75, 3.05) is 7.11 Å². The van der Waals surface area contributed by atoms with Crippen LogP contribution in [-0.4, -0.2) is 23.6 Å². The lowest BCUT2D eigenvalue weighted by molar-refractivity contribution is 0.112. The van der Waals surface area contributed by atoms with Gasteiger partial charge in [0.15, 0.2) is 0 Å². The Balaban J connectivity index is 3.28. The molecule has 0 spiro atoms. The average Bonchev–Trinajstić information content (AvgIpc) is 2.16. The van der Waals surface area contributed by atoms with Gasteiger partial charge in [-0.3, -0.25) is 4.79 Å². The minimum Gasteiger partial charge on any atom is -0.507 e. The molecule has 0 radical (unpaired) electrons. The van der Waals surface area contributed by atoms with Gasteiger partial charge in [-0.2, -0.15) is 0 Å². The summed E-state index contributed by atoms with van der Waals surface area (Å²) in [6.45, 7) is -0.325. The largest absolute Gasteiger partial charge is 0.507 e. The molecule has 0 unspecified atom stereocenters. The molecule has 0 fully saturated rings. The summed E-state index contributed by atoms with van der Waals surface area (Å²) in [5.74, 6) is 0.175. The Hall–Kier alpha value is -1.55. The molecule has 1 rings (SSSR count). The second-order valence-electron chi connectivity index (χ2n) is 2.50. The highest BCUT2D eigenvalue weighted by molar-refractivity contribution is 5.77. The molecule has 0 amide bonds. The summed E-state index contributed by atoms with van der Waals surface area (Å²) in [5, 5.41) is 18.2. The van der Waals surface area contributed by atoms with E-state index >= 15 is 0 Å². The first kappa shape index (κ1) is 9.54. The van der Waals surface area contributed by atoms with Gasteiger partial charge in [0.25, 0.3) is 0 Å². The van der Waals surface area contributed by atoms with Crippen LogP contribution >= 0.6 is 0 Å². The first-order valence-electron chi connectivity index (χ1n) is 3.68. The van der Waals surface area contributed by atoms with Crippen molar-refractivity contribution in [2.45, 2.75) is 6.61 Å². The number of aldehydes is 1. The number of aromatic hydroxyl groups is 1. The Bertz CT molecular complexity index is 320. The topological polar surface area (TPSA) is 66.8 Å². The fraction of sp³-hybridized carbons (Fsp3) is 0.222. The fourth-order valence-electron chi connectivity index (χ4n) is 1.06. The molecule has 0 aliphatic carbocycles. The van der Waals surface area contributed by atoms with Gasteiger partial charge in [0.05, 0.1) is 19.3 Å². The van der Waals surface area contributed by atoms with Crippen molar-refractivity contribution in [1.82, 2.24) is 0 Å². The van der Waals surface area contributed by atoms with Crippen LogP contribution in [0.1, 0.15) is 15.9 Å². The third kappa shape index (κ3) is 1.78. The second kappa shape index (κ2) is 3.91. The van der Waals surface area contributed by atoms with E-state index in [0.29, 0.717) is 17.6 Å². The summed E-state index contributed by atoms with van der Waals surface area (Å²) in [6.07, 6.45) is 0.601. The molecule has 0 bridgehead atoms. The van der Waals surface area contributed by atoms with E-state index in [1.54, 1.807) is 0 Å². The smallest absolute Gasteiger partial charge is 0.150 e. The number of benzene rings is 1. The zero-order valence-electron chi connectivity index (χ0n) is 7.15. The van der Waals surface area contributed by atoms with Gasteiger partial charge >= 0.3 is 0 Å². The average molecular weight is 182 g/mol. The Kier molecular flexibility index (Phi) is 2.87. The molecule has 1 aromatic rings. The number of methoxy groups -OCH3 is 1. The summed E-state index contributed by atoms with van der Waals surface area (Å²) in [6, 6.07) is 2.74. The van der Waals surface area contributed by atoms with Crippen molar-refractivity contribution in [3.05, 3.63) is 23.3 Å². The SMILES string of the molecule is COc1cc(C=O)cc(O)c1CO. The van der Waals surface area contributed by atoms with E-state index < -0.39 is 0 Å². The highest BCUT2D eigenvalue weighted by Gasteiger charge is 2.09. The predicted octanol–water partition coefficient (Wildman–Crippen LogP) is 0.706. The molecule has 0 atom stereocenters. The minimum absolute atomic E-state index is 0.135. The van der Waals surface area contributed by atoms with Crippen molar-refractivity contribution in [1.29, 1.82) is 0 Å². The quantitative estimate of drug-likeness (QED) is 0.675. The number of carbonyl (C=O) groups excluding carboxylic acids is 1. The van der Waals surface area contributed by atoms with Crippen LogP contribution in [0.15, 0.2) is 12.1 Å². The number of hydrogen-bond acceptors (Lipinski definition) is 4. The van der Waals surface area contributed by atoms with E-state index in [1.165, 1.54) is 19.2 Å².